The summed E-state index contributed by atoms with van der Waals surface area (Å²) in [6.07, 6.45) is 4.25. The van der Waals surface area contributed by atoms with Gasteiger partial charge in [0.15, 0.2) is 36.2 Å². The highest BCUT2D eigenvalue weighted by Gasteiger charge is 2.19. The first-order valence-electron chi connectivity index (χ1n) is 10.0. The predicted molar refractivity (Wildman–Crippen MR) is 121 cm³/mol. The molecule has 174 valence electrons. The molecule has 0 bridgehead atoms. The van der Waals surface area contributed by atoms with Crippen molar-refractivity contribution in [2.45, 2.75) is 19.4 Å². The molecule has 2 aromatic carbocycles. The molecule has 6 nitrogen and oxygen atoms in total. The number of ketones is 1. The molecular formula is C25H25BrClNO5. The maximum absolute atomic E-state index is 12.7. The summed E-state index contributed by atoms with van der Waals surface area (Å²) in [6, 6.07) is 14.4. The van der Waals surface area contributed by atoms with Gasteiger partial charge in [0.05, 0.1) is 21.3 Å². The molecule has 1 aromatic heterocycles. The lowest BCUT2D eigenvalue weighted by Crippen LogP contribution is -3.00. The predicted octanol–water partition coefficient (Wildman–Crippen LogP) is 1.30. The lowest BCUT2D eigenvalue weighted by Gasteiger charge is -2.10. The van der Waals surface area contributed by atoms with Gasteiger partial charge in [-0.3, -0.25) is 4.79 Å². The summed E-state index contributed by atoms with van der Waals surface area (Å²) < 4.78 is 17.3. The van der Waals surface area contributed by atoms with Gasteiger partial charge in [0.2, 0.25) is 0 Å². The van der Waals surface area contributed by atoms with Crippen LogP contribution in [0.25, 0.3) is 0 Å². The number of ether oxygens (including phenoxy) is 3. The van der Waals surface area contributed by atoms with Crippen molar-refractivity contribution in [1.82, 2.24) is 0 Å². The highest BCUT2D eigenvalue weighted by molar-refractivity contribution is 6.30. The number of carbonyl (C=O) groups is 2. The zero-order valence-corrected chi connectivity index (χ0v) is 21.0. The van der Waals surface area contributed by atoms with Gasteiger partial charge in [-0.05, 0) is 42.3 Å². The van der Waals surface area contributed by atoms with Gasteiger partial charge in [0, 0.05) is 28.6 Å². The van der Waals surface area contributed by atoms with Gasteiger partial charge in [0.25, 0.3) is 0 Å². The van der Waals surface area contributed by atoms with Crippen LogP contribution in [0.3, 0.4) is 0 Å². The topological polar surface area (TPSA) is 65.7 Å². The normalized spacial score (nSPS) is 10.2. The van der Waals surface area contributed by atoms with E-state index in [4.69, 9.17) is 25.8 Å². The van der Waals surface area contributed by atoms with Crippen LogP contribution in [0.5, 0.6) is 11.5 Å². The van der Waals surface area contributed by atoms with Crippen LogP contribution in [0.15, 0.2) is 60.9 Å². The summed E-state index contributed by atoms with van der Waals surface area (Å²) in [5.74, 6) is 0.552. The van der Waals surface area contributed by atoms with Crippen molar-refractivity contribution in [2.24, 2.45) is 0 Å². The Labute approximate surface area is 208 Å². The lowest BCUT2D eigenvalue weighted by atomic mass is 10.00. The highest BCUT2D eigenvalue weighted by Crippen LogP contribution is 2.28. The second kappa shape index (κ2) is 12.4. The van der Waals surface area contributed by atoms with Gasteiger partial charge < -0.3 is 31.2 Å². The first-order valence-corrected chi connectivity index (χ1v) is 10.4. The second-order valence-electron chi connectivity index (χ2n) is 7.17. The molecule has 0 saturated carbocycles. The average molecular weight is 535 g/mol. The van der Waals surface area contributed by atoms with Gasteiger partial charge in [-0.15, -0.1) is 0 Å². The fraction of sp³-hybridized carbons (Fsp3) is 0.240. The minimum absolute atomic E-state index is 0. The lowest BCUT2D eigenvalue weighted by molar-refractivity contribution is -0.688. The molecular weight excluding hydrogens is 510 g/mol. The van der Waals surface area contributed by atoms with Crippen molar-refractivity contribution in [2.75, 3.05) is 21.3 Å². The molecule has 1 heterocycles. The quantitative estimate of drug-likeness (QED) is 0.235. The Morgan fingerprint density at radius 3 is 2.39 bits per heavy atom. The molecule has 0 atom stereocenters. The number of benzene rings is 2. The van der Waals surface area contributed by atoms with E-state index < -0.39 is 5.97 Å². The minimum atomic E-state index is -0.445. The van der Waals surface area contributed by atoms with Crippen LogP contribution in [0.4, 0.5) is 0 Å². The molecule has 0 amide bonds. The van der Waals surface area contributed by atoms with E-state index in [-0.39, 0.29) is 29.2 Å². The van der Waals surface area contributed by atoms with Crippen LogP contribution < -0.4 is 31.0 Å². The van der Waals surface area contributed by atoms with Gasteiger partial charge >= 0.3 is 5.97 Å². The number of nitrogens with zero attached hydrogens (tertiary/aromatic N) is 1. The zero-order chi connectivity index (χ0) is 23.1. The van der Waals surface area contributed by atoms with E-state index in [1.807, 2.05) is 41.1 Å². The number of aromatic nitrogens is 1. The molecule has 0 radical (unpaired) electrons. The van der Waals surface area contributed by atoms with E-state index in [1.54, 1.807) is 31.5 Å². The molecule has 0 fully saturated rings. The van der Waals surface area contributed by atoms with Gasteiger partial charge in [-0.2, -0.15) is 4.57 Å². The van der Waals surface area contributed by atoms with E-state index in [1.165, 1.54) is 14.2 Å². The Morgan fingerprint density at radius 2 is 1.73 bits per heavy atom. The molecule has 8 heteroatoms. The number of methoxy groups -OCH3 is 3. The summed E-state index contributed by atoms with van der Waals surface area (Å²) in [7, 11) is 4.41. The van der Waals surface area contributed by atoms with E-state index in [2.05, 4.69) is 0 Å². The molecule has 0 unspecified atom stereocenters. The number of hydrogen-bond acceptors (Lipinski definition) is 5. The number of Topliss-reactive ketones (excluding diaryl/α,β-unsaturated/α-hetero) is 1. The third-order valence-corrected chi connectivity index (χ3v) is 5.33. The van der Waals surface area contributed by atoms with Crippen LogP contribution in [0, 0.1) is 0 Å². The van der Waals surface area contributed by atoms with Crippen molar-refractivity contribution in [1.29, 1.82) is 0 Å². The van der Waals surface area contributed by atoms with Crippen molar-refractivity contribution >= 4 is 23.4 Å². The summed E-state index contributed by atoms with van der Waals surface area (Å²) >= 11 is 6.07. The third-order valence-electron chi connectivity index (χ3n) is 5.09. The number of aryl methyl sites for hydroxylation is 1. The summed E-state index contributed by atoms with van der Waals surface area (Å²) in [5.41, 5.74) is 2.70. The summed E-state index contributed by atoms with van der Waals surface area (Å²) in [5, 5.41) is 0.654. The summed E-state index contributed by atoms with van der Waals surface area (Å²) in [4.78, 5) is 25.1. The van der Waals surface area contributed by atoms with Crippen molar-refractivity contribution in [3.05, 3.63) is 88.2 Å². The van der Waals surface area contributed by atoms with Crippen LogP contribution >= 0.6 is 11.6 Å². The van der Waals surface area contributed by atoms with Gasteiger partial charge in [-0.25, -0.2) is 4.79 Å². The fourth-order valence-electron chi connectivity index (χ4n) is 3.43. The first-order chi connectivity index (χ1) is 15.4. The molecule has 0 saturated heterocycles. The third kappa shape index (κ3) is 6.79. The maximum atomic E-state index is 12.7. The monoisotopic (exact) mass is 533 g/mol. The van der Waals surface area contributed by atoms with Crippen LogP contribution in [0.2, 0.25) is 5.02 Å². The van der Waals surface area contributed by atoms with E-state index in [0.29, 0.717) is 40.6 Å². The summed E-state index contributed by atoms with van der Waals surface area (Å²) in [6.45, 7) is 0.551. The number of esters is 1. The molecule has 33 heavy (non-hydrogen) atoms. The Kier molecular flexibility index (Phi) is 9.88. The highest BCUT2D eigenvalue weighted by atomic mass is 79.9. The van der Waals surface area contributed by atoms with Gasteiger partial charge in [0.1, 0.15) is 5.56 Å². The molecule has 0 aliphatic rings. The average Bonchev–Trinajstić information content (AvgIpc) is 2.81. The number of carbonyl (C=O) groups excluding carboxylic acids is 2. The van der Waals surface area contributed by atoms with Crippen molar-refractivity contribution < 1.29 is 45.3 Å². The maximum Gasteiger partial charge on any atom is 0.344 e. The first kappa shape index (κ1) is 26.4. The number of halogens is 2. The van der Waals surface area contributed by atoms with Crippen LogP contribution in [0.1, 0.15) is 38.3 Å². The van der Waals surface area contributed by atoms with E-state index >= 15 is 0 Å². The Morgan fingerprint density at radius 1 is 0.970 bits per heavy atom. The Hall–Kier alpha value is -2.90. The van der Waals surface area contributed by atoms with Crippen LogP contribution in [-0.2, 0) is 17.7 Å². The molecule has 3 aromatic rings. The number of hydrogen-bond donors (Lipinski definition) is 0. The molecule has 0 aliphatic carbocycles. The molecule has 0 N–H and O–H groups in total. The molecule has 0 spiro atoms. The van der Waals surface area contributed by atoms with Crippen molar-refractivity contribution in [3.63, 3.8) is 0 Å². The number of pyridine rings is 1. The number of rotatable bonds is 9. The largest absolute Gasteiger partial charge is 1.00 e. The fourth-order valence-corrected chi connectivity index (χ4v) is 3.64. The Bertz CT molecular complexity index is 1140. The molecule has 0 aliphatic heterocycles. The van der Waals surface area contributed by atoms with E-state index in [9.17, 15) is 9.59 Å². The standard InChI is InChI=1S/C25H25ClNO5.BrH/c1-30-23-10-8-19(14-24(23)31-2)22(28)9-7-18-11-12-27(16-21(18)25(29)32-3)15-17-5-4-6-20(26)13-17;/h4-6,8,10-14,16H,7,9,15H2,1-3H3;1H/q+1;/p-1. The SMILES string of the molecule is COC(=O)c1c[n+](Cc2cccc(Cl)c2)ccc1CCC(=O)c1ccc(OC)c(OC)c1.[Br-]. The van der Waals surface area contributed by atoms with Crippen LogP contribution in [-0.4, -0.2) is 33.1 Å². The zero-order valence-electron chi connectivity index (χ0n) is 18.6. The Balaban J connectivity index is 0.00000385. The minimum Gasteiger partial charge on any atom is -1.00 e. The molecule has 3 rings (SSSR count). The van der Waals surface area contributed by atoms with Gasteiger partial charge in [-0.1, -0.05) is 23.7 Å². The van der Waals surface area contributed by atoms with Crippen molar-refractivity contribution in [3.8, 4) is 11.5 Å². The smallest absolute Gasteiger partial charge is 0.344 e. The second-order valence-corrected chi connectivity index (χ2v) is 7.61. The van der Waals surface area contributed by atoms with E-state index in [0.717, 1.165) is 11.1 Å².